The van der Waals surface area contributed by atoms with Gasteiger partial charge in [0, 0.05) is 0 Å². The SMILES string of the molecule is Cc1ccccc1-c1ccc([SiH2]Cl)cc1. The summed E-state index contributed by atoms with van der Waals surface area (Å²) in [4.78, 5) is 0. The van der Waals surface area contributed by atoms with Crippen LogP contribution in [0.3, 0.4) is 0 Å². The molecule has 0 aliphatic carbocycles. The fourth-order valence-corrected chi connectivity index (χ4v) is 2.62. The highest BCUT2D eigenvalue weighted by molar-refractivity contribution is 7.01. The Balaban J connectivity index is 2.42. The van der Waals surface area contributed by atoms with E-state index in [-0.39, 0.29) is 0 Å². The Labute approximate surface area is 97.4 Å². The van der Waals surface area contributed by atoms with Crippen molar-refractivity contribution in [2.75, 3.05) is 0 Å². The Morgan fingerprint density at radius 3 is 2.20 bits per heavy atom. The highest BCUT2D eigenvalue weighted by Gasteiger charge is 2.00. The van der Waals surface area contributed by atoms with Gasteiger partial charge in [0.25, 0.3) is 0 Å². The lowest BCUT2D eigenvalue weighted by Gasteiger charge is -2.05. The molecule has 0 fully saturated rings. The first kappa shape index (κ1) is 10.5. The second-order valence-electron chi connectivity index (χ2n) is 3.65. The summed E-state index contributed by atoms with van der Waals surface area (Å²) in [7, 11) is -0.542. The second kappa shape index (κ2) is 4.64. The van der Waals surface area contributed by atoms with Crippen LogP contribution in [0.1, 0.15) is 5.56 Å². The van der Waals surface area contributed by atoms with Gasteiger partial charge < -0.3 is 0 Å². The molecule has 0 heterocycles. The summed E-state index contributed by atoms with van der Waals surface area (Å²) in [5, 5.41) is 1.30. The van der Waals surface area contributed by atoms with Gasteiger partial charge in [0.15, 0.2) is 8.83 Å². The van der Waals surface area contributed by atoms with Gasteiger partial charge in [-0.15, -0.1) is 0 Å². The maximum Gasteiger partial charge on any atom is 0.155 e. The van der Waals surface area contributed by atoms with Crippen molar-refractivity contribution < 1.29 is 0 Å². The lowest BCUT2D eigenvalue weighted by molar-refractivity contribution is 1.46. The first-order valence-electron chi connectivity index (χ1n) is 5.02. The van der Waals surface area contributed by atoms with E-state index in [0.717, 1.165) is 0 Å². The van der Waals surface area contributed by atoms with Gasteiger partial charge in [-0.2, -0.15) is 11.1 Å². The molecule has 76 valence electrons. The van der Waals surface area contributed by atoms with E-state index >= 15 is 0 Å². The molecule has 0 aromatic heterocycles. The minimum Gasteiger partial charge on any atom is -0.170 e. The third kappa shape index (κ3) is 2.30. The van der Waals surface area contributed by atoms with Crippen LogP contribution in [0.5, 0.6) is 0 Å². The van der Waals surface area contributed by atoms with Gasteiger partial charge in [0.05, 0.1) is 0 Å². The Morgan fingerprint density at radius 2 is 1.60 bits per heavy atom. The average molecular weight is 233 g/mol. The zero-order valence-electron chi connectivity index (χ0n) is 8.70. The van der Waals surface area contributed by atoms with Crippen LogP contribution in [-0.2, 0) is 0 Å². The fourth-order valence-electron chi connectivity index (χ4n) is 1.67. The molecule has 0 aliphatic heterocycles. The van der Waals surface area contributed by atoms with Crippen molar-refractivity contribution in [2.45, 2.75) is 6.92 Å². The van der Waals surface area contributed by atoms with Crippen LogP contribution in [0.15, 0.2) is 48.5 Å². The normalized spacial score (nSPS) is 11.1. The van der Waals surface area contributed by atoms with Crippen molar-refractivity contribution in [1.82, 2.24) is 0 Å². The minimum atomic E-state index is -0.542. The van der Waals surface area contributed by atoms with Crippen LogP contribution >= 0.6 is 11.1 Å². The van der Waals surface area contributed by atoms with Crippen molar-refractivity contribution in [2.24, 2.45) is 0 Å². The van der Waals surface area contributed by atoms with Gasteiger partial charge in [0.1, 0.15) is 0 Å². The van der Waals surface area contributed by atoms with E-state index < -0.39 is 8.83 Å². The molecular weight excluding hydrogens is 220 g/mol. The predicted molar refractivity (Wildman–Crippen MR) is 70.6 cm³/mol. The summed E-state index contributed by atoms with van der Waals surface area (Å²) >= 11 is 5.90. The van der Waals surface area contributed by atoms with E-state index in [4.69, 9.17) is 11.1 Å². The van der Waals surface area contributed by atoms with Gasteiger partial charge in [-0.1, -0.05) is 48.5 Å². The molecule has 0 atom stereocenters. The third-order valence-electron chi connectivity index (χ3n) is 2.56. The van der Waals surface area contributed by atoms with Crippen LogP contribution in [-0.4, -0.2) is 8.83 Å². The first-order chi connectivity index (χ1) is 7.31. The number of rotatable bonds is 2. The Hall–Kier alpha value is -1.05. The minimum absolute atomic E-state index is 0.542. The molecular formula is C13H13ClSi. The summed E-state index contributed by atoms with van der Waals surface area (Å²) in [5.41, 5.74) is 3.89. The van der Waals surface area contributed by atoms with Crippen molar-refractivity contribution in [1.29, 1.82) is 0 Å². The van der Waals surface area contributed by atoms with Gasteiger partial charge in [0.2, 0.25) is 0 Å². The van der Waals surface area contributed by atoms with E-state index in [1.54, 1.807) is 0 Å². The highest BCUT2D eigenvalue weighted by Crippen LogP contribution is 2.21. The van der Waals surface area contributed by atoms with E-state index in [2.05, 4.69) is 55.5 Å². The Kier molecular flexibility index (Phi) is 3.24. The van der Waals surface area contributed by atoms with Crippen molar-refractivity contribution in [3.8, 4) is 11.1 Å². The van der Waals surface area contributed by atoms with Gasteiger partial charge in [-0.25, -0.2) is 0 Å². The van der Waals surface area contributed by atoms with Crippen molar-refractivity contribution in [3.05, 3.63) is 54.1 Å². The average Bonchev–Trinajstić information content (AvgIpc) is 2.30. The molecule has 0 nitrogen and oxygen atoms in total. The van der Waals surface area contributed by atoms with Crippen LogP contribution in [0.25, 0.3) is 11.1 Å². The second-order valence-corrected chi connectivity index (χ2v) is 5.53. The molecule has 0 saturated heterocycles. The summed E-state index contributed by atoms with van der Waals surface area (Å²) in [6, 6.07) is 17.0. The quantitative estimate of drug-likeness (QED) is 0.552. The topological polar surface area (TPSA) is 0 Å². The van der Waals surface area contributed by atoms with E-state index in [9.17, 15) is 0 Å². The molecule has 0 amide bonds. The van der Waals surface area contributed by atoms with Crippen LogP contribution < -0.4 is 5.19 Å². The lowest BCUT2D eigenvalue weighted by Crippen LogP contribution is -2.06. The van der Waals surface area contributed by atoms with Crippen LogP contribution in [0.4, 0.5) is 0 Å². The highest BCUT2D eigenvalue weighted by atomic mass is 35.6. The number of hydrogen-bond donors (Lipinski definition) is 0. The largest absolute Gasteiger partial charge is 0.170 e. The molecule has 0 N–H and O–H groups in total. The molecule has 2 heteroatoms. The molecule has 2 aromatic carbocycles. The molecule has 0 unspecified atom stereocenters. The molecule has 15 heavy (non-hydrogen) atoms. The Bertz CT molecular complexity index is 448. The molecule has 0 bridgehead atoms. The lowest BCUT2D eigenvalue weighted by atomic mass is 10.0. The summed E-state index contributed by atoms with van der Waals surface area (Å²) in [6.07, 6.45) is 0. The van der Waals surface area contributed by atoms with Crippen LogP contribution in [0, 0.1) is 6.92 Å². The first-order valence-corrected chi connectivity index (χ1v) is 7.86. The van der Waals surface area contributed by atoms with Gasteiger partial charge in [-0.3, -0.25) is 0 Å². The summed E-state index contributed by atoms with van der Waals surface area (Å²) < 4.78 is 0. The smallest absolute Gasteiger partial charge is 0.155 e. The van der Waals surface area contributed by atoms with E-state index in [1.165, 1.54) is 21.9 Å². The third-order valence-corrected chi connectivity index (χ3v) is 4.27. The maximum absolute atomic E-state index is 5.90. The molecule has 0 spiro atoms. The summed E-state index contributed by atoms with van der Waals surface area (Å²) in [5.74, 6) is 0. The van der Waals surface area contributed by atoms with Gasteiger partial charge in [-0.05, 0) is 28.8 Å². The Morgan fingerprint density at radius 1 is 0.933 bits per heavy atom. The predicted octanol–water partition coefficient (Wildman–Crippen LogP) is 2.61. The number of hydrogen-bond acceptors (Lipinski definition) is 0. The van der Waals surface area contributed by atoms with Crippen molar-refractivity contribution in [3.63, 3.8) is 0 Å². The zero-order chi connectivity index (χ0) is 10.7. The number of aryl methyl sites for hydroxylation is 1. The van der Waals surface area contributed by atoms with Gasteiger partial charge >= 0.3 is 0 Å². The molecule has 2 rings (SSSR count). The molecule has 0 aliphatic rings. The standard InChI is InChI=1S/C13H13ClSi/c1-10-4-2-3-5-13(10)11-6-8-12(15-14)9-7-11/h2-9H,15H2,1H3. The van der Waals surface area contributed by atoms with E-state index in [1.807, 2.05) is 0 Å². The van der Waals surface area contributed by atoms with E-state index in [0.29, 0.717) is 0 Å². The maximum atomic E-state index is 5.90. The molecule has 0 radical (unpaired) electrons. The fraction of sp³-hybridized carbons (Fsp3) is 0.0769. The molecule has 0 saturated carbocycles. The number of halogens is 1. The van der Waals surface area contributed by atoms with Crippen LogP contribution in [0.2, 0.25) is 0 Å². The van der Waals surface area contributed by atoms with Crippen molar-refractivity contribution >= 4 is 25.1 Å². The monoisotopic (exact) mass is 232 g/mol. The molecule has 2 aromatic rings. The summed E-state index contributed by atoms with van der Waals surface area (Å²) in [6.45, 7) is 2.14. The zero-order valence-corrected chi connectivity index (χ0v) is 10.9. The number of benzene rings is 2.